The summed E-state index contributed by atoms with van der Waals surface area (Å²) in [6.07, 6.45) is 0. The number of carbonyl (C=O) groups is 1. The molecular formula is C15H13ClFNO. The highest BCUT2D eigenvalue weighted by Crippen LogP contribution is 2.24. The number of ketones is 1. The molecule has 0 aliphatic heterocycles. The Bertz CT molecular complexity index is 667. The smallest absolute Gasteiger partial charge is 0.196 e. The minimum atomic E-state index is -0.578. The molecule has 2 rings (SSSR count). The zero-order valence-electron chi connectivity index (χ0n) is 10.6. The van der Waals surface area contributed by atoms with Gasteiger partial charge in [-0.25, -0.2) is 4.39 Å². The van der Waals surface area contributed by atoms with Crippen LogP contribution in [0.4, 0.5) is 10.1 Å². The van der Waals surface area contributed by atoms with Crippen LogP contribution in [0.5, 0.6) is 0 Å². The predicted octanol–water partition coefficient (Wildman–Crippen LogP) is 3.91. The molecule has 0 bridgehead atoms. The first kappa shape index (κ1) is 13.6. The number of anilines is 1. The van der Waals surface area contributed by atoms with Gasteiger partial charge in [0.2, 0.25) is 0 Å². The predicted molar refractivity (Wildman–Crippen MR) is 75.2 cm³/mol. The third-order valence-electron chi connectivity index (χ3n) is 2.99. The van der Waals surface area contributed by atoms with Crippen LogP contribution in [0, 0.1) is 19.7 Å². The van der Waals surface area contributed by atoms with Gasteiger partial charge in [-0.05, 0) is 55.3 Å². The normalized spacial score (nSPS) is 10.5. The SMILES string of the molecule is Cc1cc(C(=O)c2cc(N)ccc2F)c(C)cc1Cl. The molecule has 2 nitrogen and oxygen atoms in total. The lowest BCUT2D eigenvalue weighted by atomic mass is 9.96. The Kier molecular flexibility index (Phi) is 3.58. The van der Waals surface area contributed by atoms with Crippen LogP contribution in [-0.2, 0) is 0 Å². The molecule has 0 unspecified atom stereocenters. The molecule has 0 heterocycles. The summed E-state index contributed by atoms with van der Waals surface area (Å²) >= 11 is 5.99. The van der Waals surface area contributed by atoms with Crippen LogP contribution >= 0.6 is 11.6 Å². The number of aryl methyl sites for hydroxylation is 2. The number of hydrogen-bond donors (Lipinski definition) is 1. The molecule has 0 saturated heterocycles. The standard InChI is InChI=1S/C15H13ClFNO/c1-8-6-13(16)9(2)5-11(8)15(19)12-7-10(18)3-4-14(12)17/h3-7H,18H2,1-2H3. The highest BCUT2D eigenvalue weighted by molar-refractivity contribution is 6.31. The third kappa shape index (κ3) is 2.61. The van der Waals surface area contributed by atoms with Crippen LogP contribution in [-0.4, -0.2) is 5.78 Å². The molecule has 98 valence electrons. The van der Waals surface area contributed by atoms with Crippen LogP contribution in [0.2, 0.25) is 5.02 Å². The highest BCUT2D eigenvalue weighted by atomic mass is 35.5. The fraction of sp³-hybridized carbons (Fsp3) is 0.133. The lowest BCUT2D eigenvalue weighted by Crippen LogP contribution is -2.07. The van der Waals surface area contributed by atoms with Crippen molar-refractivity contribution in [1.29, 1.82) is 0 Å². The first-order valence-electron chi connectivity index (χ1n) is 5.76. The Balaban J connectivity index is 2.56. The van der Waals surface area contributed by atoms with Crippen molar-refractivity contribution in [3.05, 3.63) is 63.4 Å². The number of halogens is 2. The van der Waals surface area contributed by atoms with Gasteiger partial charge < -0.3 is 5.73 Å². The number of rotatable bonds is 2. The van der Waals surface area contributed by atoms with Gasteiger partial charge in [-0.3, -0.25) is 4.79 Å². The number of hydrogen-bond acceptors (Lipinski definition) is 2. The third-order valence-corrected chi connectivity index (χ3v) is 3.39. The van der Waals surface area contributed by atoms with E-state index in [0.29, 0.717) is 21.8 Å². The molecule has 2 aromatic rings. The average molecular weight is 278 g/mol. The molecule has 0 spiro atoms. The maximum absolute atomic E-state index is 13.7. The first-order valence-corrected chi connectivity index (χ1v) is 6.14. The Morgan fingerprint density at radius 3 is 2.47 bits per heavy atom. The lowest BCUT2D eigenvalue weighted by Gasteiger charge is -2.09. The van der Waals surface area contributed by atoms with Crippen molar-refractivity contribution in [2.24, 2.45) is 0 Å². The summed E-state index contributed by atoms with van der Waals surface area (Å²) in [5, 5.41) is 0.585. The van der Waals surface area contributed by atoms with Crippen molar-refractivity contribution >= 4 is 23.1 Å². The van der Waals surface area contributed by atoms with E-state index in [1.54, 1.807) is 26.0 Å². The molecule has 4 heteroatoms. The molecular weight excluding hydrogens is 265 g/mol. The van der Waals surface area contributed by atoms with E-state index in [4.69, 9.17) is 17.3 Å². The second kappa shape index (κ2) is 5.02. The van der Waals surface area contributed by atoms with E-state index in [1.807, 2.05) is 0 Å². The molecule has 19 heavy (non-hydrogen) atoms. The molecule has 2 aromatic carbocycles. The number of nitrogen functional groups attached to an aromatic ring is 1. The van der Waals surface area contributed by atoms with Gasteiger partial charge >= 0.3 is 0 Å². The van der Waals surface area contributed by atoms with Crippen LogP contribution in [0.25, 0.3) is 0 Å². The van der Waals surface area contributed by atoms with Crippen molar-refractivity contribution in [3.8, 4) is 0 Å². The first-order chi connectivity index (χ1) is 8.90. The Labute approximate surface area is 116 Å². The minimum absolute atomic E-state index is 0.0233. The van der Waals surface area contributed by atoms with E-state index in [0.717, 1.165) is 5.56 Å². The van der Waals surface area contributed by atoms with Gasteiger partial charge in [-0.1, -0.05) is 11.6 Å². The largest absolute Gasteiger partial charge is 0.399 e. The zero-order valence-corrected chi connectivity index (χ0v) is 11.4. The summed E-state index contributed by atoms with van der Waals surface area (Å²) < 4.78 is 13.7. The van der Waals surface area contributed by atoms with Crippen molar-refractivity contribution in [2.75, 3.05) is 5.73 Å². The second-order valence-corrected chi connectivity index (χ2v) is 4.89. The van der Waals surface area contributed by atoms with Crippen LogP contribution in [0.15, 0.2) is 30.3 Å². The summed E-state index contributed by atoms with van der Waals surface area (Å²) in [4.78, 5) is 12.4. The fourth-order valence-corrected chi connectivity index (χ4v) is 2.11. The molecule has 0 aromatic heterocycles. The summed E-state index contributed by atoms with van der Waals surface area (Å²) in [5.41, 5.74) is 7.85. The van der Waals surface area contributed by atoms with E-state index in [-0.39, 0.29) is 11.3 Å². The van der Waals surface area contributed by atoms with Gasteiger partial charge in [0.05, 0.1) is 5.56 Å². The van der Waals surface area contributed by atoms with Gasteiger partial charge in [0, 0.05) is 16.3 Å². The zero-order chi connectivity index (χ0) is 14.2. The number of nitrogens with two attached hydrogens (primary N) is 1. The Morgan fingerprint density at radius 1 is 1.11 bits per heavy atom. The summed E-state index contributed by atoms with van der Waals surface area (Å²) in [6, 6.07) is 7.34. The summed E-state index contributed by atoms with van der Waals surface area (Å²) in [6.45, 7) is 3.57. The van der Waals surface area contributed by atoms with Gasteiger partial charge in [0.25, 0.3) is 0 Å². The molecule has 0 aliphatic carbocycles. The van der Waals surface area contributed by atoms with Crippen molar-refractivity contribution in [1.82, 2.24) is 0 Å². The van der Waals surface area contributed by atoms with E-state index in [9.17, 15) is 9.18 Å². The van der Waals surface area contributed by atoms with E-state index in [1.165, 1.54) is 18.2 Å². The quantitative estimate of drug-likeness (QED) is 0.668. The Hall–Kier alpha value is -1.87. The van der Waals surface area contributed by atoms with Gasteiger partial charge in [-0.2, -0.15) is 0 Å². The molecule has 0 amide bonds. The molecule has 0 saturated carbocycles. The topological polar surface area (TPSA) is 43.1 Å². The van der Waals surface area contributed by atoms with Gasteiger partial charge in [-0.15, -0.1) is 0 Å². The monoisotopic (exact) mass is 277 g/mol. The molecule has 0 aliphatic rings. The van der Waals surface area contributed by atoms with Crippen molar-refractivity contribution < 1.29 is 9.18 Å². The van der Waals surface area contributed by atoms with Crippen LogP contribution < -0.4 is 5.73 Å². The minimum Gasteiger partial charge on any atom is -0.399 e. The fourth-order valence-electron chi connectivity index (χ4n) is 1.89. The van der Waals surface area contributed by atoms with Gasteiger partial charge in [0.1, 0.15) is 5.82 Å². The van der Waals surface area contributed by atoms with E-state index >= 15 is 0 Å². The van der Waals surface area contributed by atoms with Crippen molar-refractivity contribution in [2.45, 2.75) is 13.8 Å². The second-order valence-electron chi connectivity index (χ2n) is 4.48. The molecule has 2 N–H and O–H groups in total. The summed E-state index contributed by atoms with van der Waals surface area (Å²) in [7, 11) is 0. The average Bonchev–Trinajstić information content (AvgIpc) is 2.36. The van der Waals surface area contributed by atoms with Gasteiger partial charge in [0.15, 0.2) is 5.78 Å². The highest BCUT2D eigenvalue weighted by Gasteiger charge is 2.17. The maximum atomic E-state index is 13.7. The summed E-state index contributed by atoms with van der Waals surface area (Å²) in [5.74, 6) is -0.965. The molecule has 0 radical (unpaired) electrons. The number of carbonyl (C=O) groups excluding carboxylic acids is 1. The van der Waals surface area contributed by atoms with E-state index < -0.39 is 5.82 Å². The Morgan fingerprint density at radius 2 is 1.79 bits per heavy atom. The molecule has 0 fully saturated rings. The van der Waals surface area contributed by atoms with E-state index in [2.05, 4.69) is 0 Å². The van der Waals surface area contributed by atoms with Crippen molar-refractivity contribution in [3.63, 3.8) is 0 Å². The number of benzene rings is 2. The lowest BCUT2D eigenvalue weighted by molar-refractivity contribution is 0.103. The molecule has 0 atom stereocenters. The van der Waals surface area contributed by atoms with Crippen LogP contribution in [0.3, 0.4) is 0 Å². The van der Waals surface area contributed by atoms with Crippen LogP contribution in [0.1, 0.15) is 27.0 Å². The maximum Gasteiger partial charge on any atom is 0.196 e.